The summed E-state index contributed by atoms with van der Waals surface area (Å²) in [6.07, 6.45) is 1.25. The van der Waals surface area contributed by atoms with Crippen LogP contribution in [0.1, 0.15) is 39.7 Å². The summed E-state index contributed by atoms with van der Waals surface area (Å²) in [5.41, 5.74) is 1.23. The Balaban J connectivity index is 1.28. The first kappa shape index (κ1) is 28.9. The molecule has 2 saturated carbocycles. The van der Waals surface area contributed by atoms with Crippen LogP contribution in [0.2, 0.25) is 0 Å². The molecule has 3 aliphatic rings. The highest BCUT2D eigenvalue weighted by Gasteiger charge is 2.71. The molecule has 2 aliphatic carbocycles. The minimum absolute atomic E-state index is 0.0157. The number of sulfonamides is 1. The van der Waals surface area contributed by atoms with E-state index >= 15 is 4.39 Å². The van der Waals surface area contributed by atoms with E-state index in [-0.39, 0.29) is 23.9 Å². The number of carbonyl (C=O) groups is 2. The van der Waals surface area contributed by atoms with Gasteiger partial charge in [0, 0.05) is 18.2 Å². The lowest BCUT2D eigenvalue weighted by Gasteiger charge is -2.35. The van der Waals surface area contributed by atoms with E-state index in [1.54, 1.807) is 62.1 Å². The lowest BCUT2D eigenvalue weighted by molar-refractivity contribution is -0.128. The van der Waals surface area contributed by atoms with Crippen LogP contribution in [0.4, 0.5) is 14.9 Å². The summed E-state index contributed by atoms with van der Waals surface area (Å²) in [6, 6.07) is 11.5. The monoisotopic (exact) mass is 582 g/mol. The number of carbonyl (C=O) groups excluding carboxylic acids is 2. The van der Waals surface area contributed by atoms with E-state index in [1.165, 1.54) is 6.07 Å². The van der Waals surface area contributed by atoms with Gasteiger partial charge in [0.25, 0.3) is 0 Å². The van der Waals surface area contributed by atoms with Crippen molar-refractivity contribution in [3.8, 4) is 17.2 Å². The topological polar surface area (TPSA) is 129 Å². The average Bonchev–Trinajstić information content (AvgIpc) is 3.21. The predicted octanol–water partition coefficient (Wildman–Crippen LogP) is 4.30. The third kappa shape index (κ3) is 5.89. The van der Waals surface area contributed by atoms with Gasteiger partial charge in [-0.05, 0) is 85.8 Å². The zero-order valence-corrected chi connectivity index (χ0v) is 24.5. The summed E-state index contributed by atoms with van der Waals surface area (Å²) >= 11 is 0. The van der Waals surface area contributed by atoms with Crippen LogP contribution in [-0.4, -0.2) is 55.3 Å². The molecule has 1 saturated heterocycles. The van der Waals surface area contributed by atoms with Gasteiger partial charge >= 0.3 is 6.09 Å². The average molecular weight is 583 g/mol. The Morgan fingerprint density at radius 3 is 2.39 bits per heavy atom. The van der Waals surface area contributed by atoms with Gasteiger partial charge < -0.3 is 10.1 Å². The van der Waals surface area contributed by atoms with Gasteiger partial charge in [-0.15, -0.1) is 0 Å². The molecule has 7 atom stereocenters. The smallest absolute Gasteiger partial charge is 0.411 e. The molecule has 3 unspecified atom stereocenters. The zero-order valence-electron chi connectivity index (χ0n) is 23.7. The maximum Gasteiger partial charge on any atom is 0.411 e. The Hall–Kier alpha value is -3.65. The summed E-state index contributed by atoms with van der Waals surface area (Å²) < 4.78 is 46.0. The highest BCUT2D eigenvalue weighted by atomic mass is 32.2. The number of piperidine rings is 1. The van der Waals surface area contributed by atoms with Crippen LogP contribution in [0.15, 0.2) is 42.5 Å². The van der Waals surface area contributed by atoms with Crippen molar-refractivity contribution in [2.45, 2.75) is 64.3 Å². The van der Waals surface area contributed by atoms with Crippen LogP contribution < -0.4 is 10.0 Å². The standard InChI is InChI=1S/C30H35FN4O5S/c1-16-25-22-14-24(26(16)25)35(29(37)40-30(2,3)4)27(22)28(36)33-21(15-32)12-19-7-6-18(13-23(19)31)17-8-10-20(11-9-17)34-41(5,38)39/h6-11,13,16,21-22,24-27,34H,12,14H2,1-5H3,(H,33,36)/t16?,21-,22+,24-,25?,26?,27-/m0/s1. The van der Waals surface area contributed by atoms with Crippen LogP contribution in [0, 0.1) is 40.8 Å². The highest BCUT2D eigenvalue weighted by Crippen LogP contribution is 2.67. The number of benzene rings is 2. The second-order valence-corrected chi connectivity index (χ2v) is 14.2. The molecular formula is C30H35FN4O5S. The van der Waals surface area contributed by atoms with Crippen LogP contribution in [0.5, 0.6) is 0 Å². The fraction of sp³-hybridized carbons (Fsp3) is 0.500. The molecule has 0 aromatic heterocycles. The van der Waals surface area contributed by atoms with Crippen molar-refractivity contribution in [3.05, 3.63) is 53.8 Å². The Kier molecular flexibility index (Phi) is 7.26. The summed E-state index contributed by atoms with van der Waals surface area (Å²) in [5.74, 6) is 0.279. The third-order valence-electron chi connectivity index (χ3n) is 8.38. The van der Waals surface area contributed by atoms with Gasteiger partial charge in [0.1, 0.15) is 23.5 Å². The minimum Gasteiger partial charge on any atom is -0.444 e. The molecular weight excluding hydrogens is 547 g/mol. The second kappa shape index (κ2) is 10.3. The molecule has 5 rings (SSSR count). The number of halogens is 1. The molecule has 41 heavy (non-hydrogen) atoms. The molecule has 3 fully saturated rings. The lowest BCUT2D eigenvalue weighted by Crippen LogP contribution is -2.56. The van der Waals surface area contributed by atoms with E-state index in [0.717, 1.165) is 12.7 Å². The van der Waals surface area contributed by atoms with Crippen molar-refractivity contribution in [2.75, 3.05) is 11.0 Å². The van der Waals surface area contributed by atoms with Gasteiger partial charge in [0.2, 0.25) is 15.9 Å². The number of fused-ring (bicyclic) bond motifs is 5. The van der Waals surface area contributed by atoms with Crippen LogP contribution >= 0.6 is 0 Å². The van der Waals surface area contributed by atoms with E-state index in [4.69, 9.17) is 4.74 Å². The number of hydrogen-bond acceptors (Lipinski definition) is 6. The van der Waals surface area contributed by atoms with Gasteiger partial charge in [-0.3, -0.25) is 14.4 Å². The van der Waals surface area contributed by atoms with E-state index < -0.39 is 45.5 Å². The van der Waals surface area contributed by atoms with E-state index in [9.17, 15) is 23.3 Å². The van der Waals surface area contributed by atoms with Crippen molar-refractivity contribution >= 4 is 27.7 Å². The van der Waals surface area contributed by atoms with Gasteiger partial charge in [-0.25, -0.2) is 17.6 Å². The van der Waals surface area contributed by atoms with Crippen molar-refractivity contribution in [1.29, 1.82) is 5.26 Å². The quantitative estimate of drug-likeness (QED) is 0.501. The van der Waals surface area contributed by atoms with Gasteiger partial charge in [0.15, 0.2) is 0 Å². The van der Waals surface area contributed by atoms with Crippen molar-refractivity contribution < 1.29 is 27.1 Å². The molecule has 2 aromatic rings. The van der Waals surface area contributed by atoms with Crippen LogP contribution in [-0.2, 0) is 26.0 Å². The number of anilines is 1. The van der Waals surface area contributed by atoms with E-state index in [1.807, 2.05) is 0 Å². The number of ether oxygens (including phenoxy) is 1. The van der Waals surface area contributed by atoms with Gasteiger partial charge in [-0.2, -0.15) is 5.26 Å². The van der Waals surface area contributed by atoms with Crippen LogP contribution in [0.3, 0.4) is 0 Å². The van der Waals surface area contributed by atoms with Gasteiger partial charge in [0.05, 0.1) is 12.3 Å². The van der Waals surface area contributed by atoms with E-state index in [0.29, 0.717) is 34.6 Å². The summed E-state index contributed by atoms with van der Waals surface area (Å²) in [4.78, 5) is 28.3. The lowest BCUT2D eigenvalue weighted by atomic mass is 9.94. The Labute approximate surface area is 240 Å². The molecule has 2 N–H and O–H groups in total. The molecule has 9 nitrogen and oxygen atoms in total. The molecule has 1 aliphatic heterocycles. The number of nitrogens with one attached hydrogen (secondary N) is 2. The molecule has 218 valence electrons. The summed E-state index contributed by atoms with van der Waals surface area (Å²) in [5, 5.41) is 12.6. The Morgan fingerprint density at radius 1 is 1.15 bits per heavy atom. The number of likely N-dealkylation sites (tertiary alicyclic amines) is 1. The first-order chi connectivity index (χ1) is 19.2. The van der Waals surface area contributed by atoms with Gasteiger partial charge in [-0.1, -0.05) is 31.2 Å². The number of amides is 2. The predicted molar refractivity (Wildman–Crippen MR) is 151 cm³/mol. The first-order valence-electron chi connectivity index (χ1n) is 13.7. The van der Waals surface area contributed by atoms with Crippen molar-refractivity contribution in [2.24, 2.45) is 23.7 Å². The molecule has 1 heterocycles. The summed E-state index contributed by atoms with van der Waals surface area (Å²) in [7, 11) is -3.41. The normalized spacial score (nSPS) is 27.0. The van der Waals surface area contributed by atoms with Crippen LogP contribution in [0.25, 0.3) is 11.1 Å². The summed E-state index contributed by atoms with van der Waals surface area (Å²) in [6.45, 7) is 7.50. The number of rotatable bonds is 7. The molecule has 2 bridgehead atoms. The number of nitrogens with zero attached hydrogens (tertiary/aromatic N) is 2. The minimum atomic E-state index is -3.41. The Morgan fingerprint density at radius 2 is 1.80 bits per heavy atom. The molecule has 11 heteroatoms. The SMILES string of the molecule is CC1C2C1[C@@H]1C[C@H]2[C@@H](C(=O)N[C@H](C#N)Cc2ccc(-c3ccc(NS(C)(=O)=O)cc3)cc2F)N1C(=O)OC(C)(C)C. The largest absolute Gasteiger partial charge is 0.444 e. The van der Waals surface area contributed by atoms with E-state index in [2.05, 4.69) is 23.0 Å². The van der Waals surface area contributed by atoms with Crippen molar-refractivity contribution in [3.63, 3.8) is 0 Å². The first-order valence-corrected chi connectivity index (χ1v) is 15.6. The second-order valence-electron chi connectivity index (χ2n) is 12.5. The fourth-order valence-electron chi connectivity index (χ4n) is 6.78. The number of hydrogen-bond donors (Lipinski definition) is 2. The molecule has 2 aromatic carbocycles. The highest BCUT2D eigenvalue weighted by molar-refractivity contribution is 7.92. The maximum atomic E-state index is 15.1. The third-order valence-corrected chi connectivity index (χ3v) is 8.98. The number of nitriles is 1. The zero-order chi connectivity index (χ0) is 29.9. The fourth-order valence-corrected chi connectivity index (χ4v) is 7.34. The van der Waals surface area contributed by atoms with Crippen molar-refractivity contribution in [1.82, 2.24) is 10.2 Å². The maximum absolute atomic E-state index is 15.1. The molecule has 0 radical (unpaired) electrons. The molecule has 2 amide bonds. The molecule has 0 spiro atoms. The Bertz CT molecular complexity index is 1510.